The van der Waals surface area contributed by atoms with Gasteiger partial charge in [0.1, 0.15) is 0 Å². The lowest BCUT2D eigenvalue weighted by Gasteiger charge is -2.03. The van der Waals surface area contributed by atoms with Crippen LogP contribution < -0.4 is 5.73 Å². The quantitative estimate of drug-likeness (QED) is 0.905. The van der Waals surface area contributed by atoms with Gasteiger partial charge in [-0.3, -0.25) is 5.10 Å². The first-order valence-corrected chi connectivity index (χ1v) is 6.10. The minimum atomic E-state index is 0.571. The molecule has 4 heteroatoms. The average molecular weight is 280 g/mol. The Balaban J connectivity index is 2.50. The van der Waals surface area contributed by atoms with Crippen molar-refractivity contribution in [2.75, 3.05) is 5.73 Å². The number of anilines is 1. The van der Waals surface area contributed by atoms with Crippen molar-refractivity contribution in [1.82, 2.24) is 10.2 Å². The molecule has 3 nitrogen and oxygen atoms in total. The second-order valence-corrected chi connectivity index (χ2v) is 4.64. The molecule has 0 aliphatic heterocycles. The maximum Gasteiger partial charge on any atom is 0.153 e. The van der Waals surface area contributed by atoms with E-state index in [1.807, 2.05) is 18.2 Å². The lowest BCUT2D eigenvalue weighted by Crippen LogP contribution is -1.90. The molecule has 0 aliphatic carbocycles. The fourth-order valence-electron chi connectivity index (χ4n) is 1.79. The van der Waals surface area contributed by atoms with E-state index in [4.69, 9.17) is 5.73 Å². The molecule has 0 amide bonds. The molecule has 84 valence electrons. The number of nitrogens with zero attached hydrogens (tertiary/aromatic N) is 1. The van der Waals surface area contributed by atoms with E-state index in [1.165, 1.54) is 0 Å². The average Bonchev–Trinajstić information content (AvgIpc) is 2.60. The van der Waals surface area contributed by atoms with Gasteiger partial charge in [-0.2, -0.15) is 5.10 Å². The van der Waals surface area contributed by atoms with Crippen LogP contribution in [0.3, 0.4) is 0 Å². The highest BCUT2D eigenvalue weighted by atomic mass is 79.9. The third kappa shape index (κ3) is 2.11. The van der Waals surface area contributed by atoms with Gasteiger partial charge in [0.2, 0.25) is 0 Å². The largest absolute Gasteiger partial charge is 0.382 e. The van der Waals surface area contributed by atoms with Gasteiger partial charge in [0.15, 0.2) is 5.82 Å². The Morgan fingerprint density at radius 2 is 2.25 bits per heavy atom. The molecule has 2 rings (SSSR count). The van der Waals surface area contributed by atoms with Crippen LogP contribution in [0.2, 0.25) is 0 Å². The summed E-state index contributed by atoms with van der Waals surface area (Å²) in [6, 6.07) is 8.10. The number of aryl methyl sites for hydroxylation is 1. The predicted molar refractivity (Wildman–Crippen MR) is 70.1 cm³/mol. The van der Waals surface area contributed by atoms with Gasteiger partial charge in [-0.15, -0.1) is 0 Å². The molecule has 0 saturated carbocycles. The molecule has 0 fully saturated rings. The Bertz CT molecular complexity index is 491. The van der Waals surface area contributed by atoms with E-state index in [0.29, 0.717) is 5.82 Å². The zero-order valence-electron chi connectivity index (χ0n) is 9.13. The summed E-state index contributed by atoms with van der Waals surface area (Å²) in [7, 11) is 0. The number of aromatic amines is 1. The molecule has 0 unspecified atom stereocenters. The van der Waals surface area contributed by atoms with E-state index >= 15 is 0 Å². The standard InChI is InChI=1S/C12H14BrN3/c1-2-4-10-11(12(14)16-15-10)8-5-3-6-9(13)7-8/h3,5-7H,2,4H2,1H3,(H3,14,15,16). The van der Waals surface area contributed by atoms with Crippen LogP contribution in [0.15, 0.2) is 28.7 Å². The number of nitrogen functional groups attached to an aromatic ring is 1. The van der Waals surface area contributed by atoms with Crippen LogP contribution in [0.1, 0.15) is 19.0 Å². The van der Waals surface area contributed by atoms with Crippen molar-refractivity contribution < 1.29 is 0 Å². The number of rotatable bonds is 3. The van der Waals surface area contributed by atoms with Crippen LogP contribution in [0, 0.1) is 0 Å². The van der Waals surface area contributed by atoms with Crippen LogP contribution in [-0.4, -0.2) is 10.2 Å². The third-order valence-corrected chi connectivity index (χ3v) is 2.98. The number of nitrogens with two attached hydrogens (primary N) is 1. The van der Waals surface area contributed by atoms with Gasteiger partial charge in [-0.1, -0.05) is 41.4 Å². The van der Waals surface area contributed by atoms with Crippen molar-refractivity contribution in [3.05, 3.63) is 34.4 Å². The monoisotopic (exact) mass is 279 g/mol. The first kappa shape index (κ1) is 11.2. The number of halogens is 1. The fraction of sp³-hybridized carbons (Fsp3) is 0.250. The zero-order valence-corrected chi connectivity index (χ0v) is 10.7. The topological polar surface area (TPSA) is 54.7 Å². The highest BCUT2D eigenvalue weighted by Gasteiger charge is 2.12. The molecule has 16 heavy (non-hydrogen) atoms. The van der Waals surface area contributed by atoms with Crippen molar-refractivity contribution >= 4 is 21.7 Å². The summed E-state index contributed by atoms with van der Waals surface area (Å²) in [5.74, 6) is 0.571. The summed E-state index contributed by atoms with van der Waals surface area (Å²) in [4.78, 5) is 0. The highest BCUT2D eigenvalue weighted by molar-refractivity contribution is 9.10. The molecule has 1 aromatic carbocycles. The molecular weight excluding hydrogens is 266 g/mol. The predicted octanol–water partition coefficient (Wildman–Crippen LogP) is 3.37. The first-order chi connectivity index (χ1) is 7.72. The first-order valence-electron chi connectivity index (χ1n) is 5.31. The molecule has 1 heterocycles. The van der Waals surface area contributed by atoms with Crippen molar-refractivity contribution in [3.8, 4) is 11.1 Å². The minimum Gasteiger partial charge on any atom is -0.382 e. The number of nitrogens with one attached hydrogen (secondary N) is 1. The molecule has 3 N–H and O–H groups in total. The smallest absolute Gasteiger partial charge is 0.153 e. The Morgan fingerprint density at radius 3 is 2.94 bits per heavy atom. The minimum absolute atomic E-state index is 0.571. The normalized spacial score (nSPS) is 10.6. The number of benzene rings is 1. The molecule has 0 atom stereocenters. The van der Waals surface area contributed by atoms with Gasteiger partial charge in [-0.05, 0) is 24.1 Å². The maximum atomic E-state index is 5.90. The molecule has 1 aromatic heterocycles. The molecular formula is C12H14BrN3. The SMILES string of the molecule is CCCc1[nH]nc(N)c1-c1cccc(Br)c1. The van der Waals surface area contributed by atoms with E-state index in [1.54, 1.807) is 0 Å². The summed E-state index contributed by atoms with van der Waals surface area (Å²) in [6.45, 7) is 2.14. The van der Waals surface area contributed by atoms with Gasteiger partial charge in [0, 0.05) is 15.7 Å². The lowest BCUT2D eigenvalue weighted by atomic mass is 10.0. The summed E-state index contributed by atoms with van der Waals surface area (Å²) in [5, 5.41) is 7.08. The summed E-state index contributed by atoms with van der Waals surface area (Å²) in [6.07, 6.45) is 2.04. The molecule has 0 aliphatic rings. The van der Waals surface area contributed by atoms with E-state index < -0.39 is 0 Å². The van der Waals surface area contributed by atoms with Gasteiger partial charge in [0.05, 0.1) is 0 Å². The molecule has 0 bridgehead atoms. The van der Waals surface area contributed by atoms with Crippen LogP contribution in [-0.2, 0) is 6.42 Å². The highest BCUT2D eigenvalue weighted by Crippen LogP contribution is 2.30. The lowest BCUT2D eigenvalue weighted by molar-refractivity contribution is 0.869. The van der Waals surface area contributed by atoms with E-state index in [-0.39, 0.29) is 0 Å². The van der Waals surface area contributed by atoms with Crippen molar-refractivity contribution in [1.29, 1.82) is 0 Å². The molecule has 0 spiro atoms. The summed E-state index contributed by atoms with van der Waals surface area (Å²) in [5.41, 5.74) is 9.14. The summed E-state index contributed by atoms with van der Waals surface area (Å²) < 4.78 is 1.05. The third-order valence-electron chi connectivity index (χ3n) is 2.48. The van der Waals surface area contributed by atoms with Gasteiger partial charge < -0.3 is 5.73 Å². The number of hydrogen-bond acceptors (Lipinski definition) is 2. The molecule has 0 saturated heterocycles. The molecule has 2 aromatic rings. The number of hydrogen-bond donors (Lipinski definition) is 2. The van der Waals surface area contributed by atoms with Crippen LogP contribution in [0.5, 0.6) is 0 Å². The van der Waals surface area contributed by atoms with Crippen LogP contribution in [0.25, 0.3) is 11.1 Å². The van der Waals surface area contributed by atoms with Crippen molar-refractivity contribution in [3.63, 3.8) is 0 Å². The Labute approximate surface area is 103 Å². The zero-order chi connectivity index (χ0) is 11.5. The van der Waals surface area contributed by atoms with Crippen molar-refractivity contribution in [2.45, 2.75) is 19.8 Å². The maximum absolute atomic E-state index is 5.90. The Kier molecular flexibility index (Phi) is 3.29. The number of aromatic nitrogens is 2. The van der Waals surface area contributed by atoms with Gasteiger partial charge >= 0.3 is 0 Å². The molecule has 0 radical (unpaired) electrons. The second-order valence-electron chi connectivity index (χ2n) is 3.72. The van der Waals surface area contributed by atoms with E-state index in [9.17, 15) is 0 Å². The van der Waals surface area contributed by atoms with Crippen LogP contribution >= 0.6 is 15.9 Å². The van der Waals surface area contributed by atoms with E-state index in [0.717, 1.165) is 34.1 Å². The van der Waals surface area contributed by atoms with Gasteiger partial charge in [0.25, 0.3) is 0 Å². The van der Waals surface area contributed by atoms with E-state index in [2.05, 4.69) is 39.1 Å². The van der Waals surface area contributed by atoms with Crippen molar-refractivity contribution in [2.24, 2.45) is 0 Å². The Morgan fingerprint density at radius 1 is 1.44 bits per heavy atom. The number of H-pyrrole nitrogens is 1. The second kappa shape index (κ2) is 4.70. The Hall–Kier alpha value is -1.29. The summed E-state index contributed by atoms with van der Waals surface area (Å²) >= 11 is 3.46. The van der Waals surface area contributed by atoms with Gasteiger partial charge in [-0.25, -0.2) is 0 Å². The fourth-order valence-corrected chi connectivity index (χ4v) is 2.19. The van der Waals surface area contributed by atoms with Crippen LogP contribution in [0.4, 0.5) is 5.82 Å².